The zero-order chi connectivity index (χ0) is 14.4. The molecule has 0 spiro atoms. The second-order valence-corrected chi connectivity index (χ2v) is 4.14. The van der Waals surface area contributed by atoms with E-state index in [1.165, 1.54) is 25.1 Å². The first kappa shape index (κ1) is 14.9. The van der Waals surface area contributed by atoms with E-state index in [9.17, 15) is 14.0 Å². The number of carbonyl (C=O) groups is 2. The molecule has 19 heavy (non-hydrogen) atoms. The molecule has 5 heteroatoms. The molecule has 0 aliphatic carbocycles. The quantitative estimate of drug-likeness (QED) is 0.775. The Morgan fingerprint density at radius 1 is 1.53 bits per heavy atom. The summed E-state index contributed by atoms with van der Waals surface area (Å²) in [5.74, 6) is -2.21. The Morgan fingerprint density at radius 2 is 2.21 bits per heavy atom. The number of carboxylic acids is 1. The van der Waals surface area contributed by atoms with Crippen LogP contribution >= 0.6 is 0 Å². The van der Waals surface area contributed by atoms with Gasteiger partial charge in [0.15, 0.2) is 0 Å². The van der Waals surface area contributed by atoms with Crippen LogP contribution in [0.5, 0.6) is 0 Å². The number of nitrogens with one attached hydrogen (secondary N) is 1. The van der Waals surface area contributed by atoms with E-state index in [2.05, 4.69) is 11.9 Å². The largest absolute Gasteiger partial charge is 0.480 e. The Hall–Kier alpha value is -2.17. The highest BCUT2D eigenvalue weighted by Crippen LogP contribution is 2.12. The van der Waals surface area contributed by atoms with Gasteiger partial charge in [-0.25, -0.2) is 9.18 Å². The number of benzene rings is 1. The zero-order valence-corrected chi connectivity index (χ0v) is 10.6. The van der Waals surface area contributed by atoms with E-state index in [4.69, 9.17) is 5.11 Å². The standard InChI is InChI=1S/C14H16FNO3/c1-3-4-8-12(14(18)19)16-13(17)10-6-5-7-11(15)9(10)2/h3,5-7,12H,1,4,8H2,2H3,(H,16,17)(H,18,19). The van der Waals surface area contributed by atoms with Crippen molar-refractivity contribution in [1.29, 1.82) is 0 Å². The maximum atomic E-state index is 13.3. The molecule has 4 nitrogen and oxygen atoms in total. The fraction of sp³-hybridized carbons (Fsp3) is 0.286. The van der Waals surface area contributed by atoms with E-state index in [1.54, 1.807) is 6.08 Å². The van der Waals surface area contributed by atoms with Crippen molar-refractivity contribution in [3.05, 3.63) is 47.8 Å². The van der Waals surface area contributed by atoms with Crippen molar-refractivity contribution in [3.8, 4) is 0 Å². The number of rotatable bonds is 6. The number of amides is 1. The van der Waals surface area contributed by atoms with Crippen molar-refractivity contribution in [3.63, 3.8) is 0 Å². The van der Waals surface area contributed by atoms with Gasteiger partial charge in [-0.3, -0.25) is 4.79 Å². The van der Waals surface area contributed by atoms with Crippen molar-refractivity contribution in [1.82, 2.24) is 5.32 Å². The molecular weight excluding hydrogens is 249 g/mol. The third-order valence-electron chi connectivity index (χ3n) is 2.78. The van der Waals surface area contributed by atoms with Gasteiger partial charge >= 0.3 is 5.97 Å². The molecule has 0 heterocycles. The average molecular weight is 265 g/mol. The predicted molar refractivity (Wildman–Crippen MR) is 69.5 cm³/mol. The van der Waals surface area contributed by atoms with Crippen LogP contribution in [0.25, 0.3) is 0 Å². The lowest BCUT2D eigenvalue weighted by Gasteiger charge is -2.14. The molecule has 1 aromatic carbocycles. The highest BCUT2D eigenvalue weighted by Gasteiger charge is 2.21. The van der Waals surface area contributed by atoms with Gasteiger partial charge < -0.3 is 10.4 Å². The second kappa shape index (κ2) is 6.68. The molecule has 0 saturated carbocycles. The Balaban J connectivity index is 2.84. The van der Waals surface area contributed by atoms with E-state index in [1.807, 2.05) is 0 Å². The number of allylic oxidation sites excluding steroid dienone is 1. The summed E-state index contributed by atoms with van der Waals surface area (Å²) in [5.41, 5.74) is 0.345. The number of halogens is 1. The molecule has 1 rings (SSSR count). The van der Waals surface area contributed by atoms with E-state index < -0.39 is 23.7 Å². The fourth-order valence-electron chi connectivity index (χ4n) is 1.63. The lowest BCUT2D eigenvalue weighted by molar-refractivity contribution is -0.139. The zero-order valence-electron chi connectivity index (χ0n) is 10.6. The lowest BCUT2D eigenvalue weighted by Crippen LogP contribution is -2.41. The predicted octanol–water partition coefficient (Wildman–Crippen LogP) is 2.28. The first-order valence-corrected chi connectivity index (χ1v) is 5.87. The van der Waals surface area contributed by atoms with Crippen LogP contribution in [0.15, 0.2) is 30.9 Å². The monoisotopic (exact) mass is 265 g/mol. The third kappa shape index (κ3) is 3.91. The third-order valence-corrected chi connectivity index (χ3v) is 2.78. The summed E-state index contributed by atoms with van der Waals surface area (Å²) in [5, 5.41) is 11.4. The van der Waals surface area contributed by atoms with Gasteiger partial charge in [-0.1, -0.05) is 12.1 Å². The van der Waals surface area contributed by atoms with Crippen molar-refractivity contribution in [2.24, 2.45) is 0 Å². The first-order chi connectivity index (χ1) is 8.97. The number of hydrogen-bond acceptors (Lipinski definition) is 2. The van der Waals surface area contributed by atoms with Gasteiger partial charge in [0, 0.05) is 5.56 Å². The Bertz CT molecular complexity index is 499. The molecule has 0 aliphatic heterocycles. The van der Waals surface area contributed by atoms with Crippen LogP contribution in [0.1, 0.15) is 28.8 Å². The smallest absolute Gasteiger partial charge is 0.326 e. The van der Waals surface area contributed by atoms with Crippen LogP contribution in [0.3, 0.4) is 0 Å². The minimum atomic E-state index is -1.12. The van der Waals surface area contributed by atoms with Crippen LogP contribution < -0.4 is 5.32 Å². The molecule has 1 aromatic rings. The Labute approximate surface area is 110 Å². The van der Waals surface area contributed by atoms with Gasteiger partial charge in [-0.05, 0) is 37.5 Å². The maximum absolute atomic E-state index is 13.3. The molecule has 1 atom stereocenters. The number of hydrogen-bond donors (Lipinski definition) is 2. The molecule has 0 aromatic heterocycles. The van der Waals surface area contributed by atoms with Crippen molar-refractivity contribution >= 4 is 11.9 Å². The molecule has 102 valence electrons. The summed E-state index contributed by atoms with van der Waals surface area (Å²) in [6.45, 7) is 4.98. The average Bonchev–Trinajstić information content (AvgIpc) is 2.37. The SMILES string of the molecule is C=CCCC(NC(=O)c1cccc(F)c1C)C(=O)O. The molecule has 1 amide bonds. The molecule has 2 N–H and O–H groups in total. The number of carboxylic acid groups (broad SMARTS) is 1. The van der Waals surface area contributed by atoms with Gasteiger partial charge in [0.2, 0.25) is 0 Å². The molecule has 0 radical (unpaired) electrons. The van der Waals surface area contributed by atoms with Crippen molar-refractivity contribution < 1.29 is 19.1 Å². The molecular formula is C14H16FNO3. The summed E-state index contributed by atoms with van der Waals surface area (Å²) in [4.78, 5) is 22.9. The molecule has 0 saturated heterocycles. The van der Waals surface area contributed by atoms with E-state index in [0.717, 1.165) is 0 Å². The highest BCUT2D eigenvalue weighted by atomic mass is 19.1. The fourth-order valence-corrected chi connectivity index (χ4v) is 1.63. The molecule has 0 aliphatic rings. The van der Waals surface area contributed by atoms with Crippen molar-refractivity contribution in [2.75, 3.05) is 0 Å². The highest BCUT2D eigenvalue weighted by molar-refractivity contribution is 5.97. The molecule has 1 unspecified atom stereocenters. The molecule has 0 fully saturated rings. The summed E-state index contributed by atoms with van der Waals surface area (Å²) in [7, 11) is 0. The summed E-state index contributed by atoms with van der Waals surface area (Å²) >= 11 is 0. The van der Waals surface area contributed by atoms with Crippen LogP contribution in [0.4, 0.5) is 4.39 Å². The summed E-state index contributed by atoms with van der Waals surface area (Å²) in [6, 6.07) is 3.11. The topological polar surface area (TPSA) is 66.4 Å². The van der Waals surface area contributed by atoms with Crippen LogP contribution in [0.2, 0.25) is 0 Å². The van der Waals surface area contributed by atoms with Crippen molar-refractivity contribution in [2.45, 2.75) is 25.8 Å². The minimum absolute atomic E-state index is 0.143. The summed E-state index contributed by atoms with van der Waals surface area (Å²) < 4.78 is 13.3. The summed E-state index contributed by atoms with van der Waals surface area (Å²) in [6.07, 6.45) is 2.30. The van der Waals surface area contributed by atoms with Gasteiger partial charge in [0.25, 0.3) is 5.91 Å². The number of aliphatic carboxylic acids is 1. The first-order valence-electron chi connectivity index (χ1n) is 5.87. The lowest BCUT2D eigenvalue weighted by atomic mass is 10.1. The minimum Gasteiger partial charge on any atom is -0.480 e. The van der Waals surface area contributed by atoms with Gasteiger partial charge in [0.05, 0.1) is 0 Å². The Kier molecular flexibility index (Phi) is 5.23. The Morgan fingerprint density at radius 3 is 2.79 bits per heavy atom. The second-order valence-electron chi connectivity index (χ2n) is 4.14. The van der Waals surface area contributed by atoms with Gasteiger partial charge in [-0.2, -0.15) is 0 Å². The van der Waals surface area contributed by atoms with E-state index in [0.29, 0.717) is 6.42 Å². The van der Waals surface area contributed by atoms with Gasteiger partial charge in [-0.15, -0.1) is 6.58 Å². The van der Waals surface area contributed by atoms with Gasteiger partial charge in [0.1, 0.15) is 11.9 Å². The maximum Gasteiger partial charge on any atom is 0.326 e. The number of carbonyl (C=O) groups excluding carboxylic acids is 1. The van der Waals surface area contributed by atoms with Crippen LogP contribution in [-0.2, 0) is 4.79 Å². The normalized spacial score (nSPS) is 11.7. The van der Waals surface area contributed by atoms with E-state index in [-0.39, 0.29) is 17.5 Å². The molecule has 0 bridgehead atoms. The van der Waals surface area contributed by atoms with Crippen LogP contribution in [0, 0.1) is 12.7 Å². The van der Waals surface area contributed by atoms with Crippen LogP contribution in [-0.4, -0.2) is 23.0 Å². The van der Waals surface area contributed by atoms with E-state index >= 15 is 0 Å².